The van der Waals surface area contributed by atoms with Gasteiger partial charge >= 0.3 is 0 Å². The minimum atomic E-state index is 0.0106. The van der Waals surface area contributed by atoms with Crippen molar-refractivity contribution < 1.29 is 9.69 Å². The first-order valence-electron chi connectivity index (χ1n) is 5.93. The number of amides is 1. The fourth-order valence-corrected chi connectivity index (χ4v) is 3.23. The van der Waals surface area contributed by atoms with Crippen LogP contribution in [-0.2, 0) is 11.3 Å². The second-order valence-electron chi connectivity index (χ2n) is 4.73. The summed E-state index contributed by atoms with van der Waals surface area (Å²) in [5.74, 6) is 0.181. The van der Waals surface area contributed by atoms with E-state index in [1.54, 1.807) is 11.3 Å². The number of hydrogen-bond acceptors (Lipinski definition) is 2. The molecule has 1 heterocycles. The maximum atomic E-state index is 11.9. The van der Waals surface area contributed by atoms with Crippen LogP contribution < -0.4 is 10.2 Å². The quantitative estimate of drug-likeness (QED) is 0.840. The van der Waals surface area contributed by atoms with Crippen LogP contribution in [0.25, 0.3) is 0 Å². The van der Waals surface area contributed by atoms with E-state index in [1.807, 2.05) is 6.92 Å². The van der Waals surface area contributed by atoms with Crippen LogP contribution >= 0.6 is 27.3 Å². The smallest absolute Gasteiger partial charge is 0.278 e. The lowest BCUT2D eigenvalue weighted by Gasteiger charge is -2.20. The van der Waals surface area contributed by atoms with Crippen molar-refractivity contribution in [3.05, 3.63) is 20.8 Å². The third-order valence-corrected chi connectivity index (χ3v) is 4.76. The molecule has 2 rings (SSSR count). The minimum absolute atomic E-state index is 0.0106. The molecule has 2 atom stereocenters. The van der Waals surface area contributed by atoms with E-state index >= 15 is 0 Å². The van der Waals surface area contributed by atoms with E-state index in [0.717, 1.165) is 23.2 Å². The fraction of sp³-hybridized carbons (Fsp3) is 0.583. The number of carbonyl (C=O) groups is 1. The van der Waals surface area contributed by atoms with Gasteiger partial charge in [-0.15, -0.1) is 11.3 Å². The lowest BCUT2D eigenvalue weighted by Crippen LogP contribution is -3.12. The number of nitrogens with one attached hydrogen (secondary N) is 2. The monoisotopic (exact) mass is 317 g/mol. The summed E-state index contributed by atoms with van der Waals surface area (Å²) in [5.41, 5.74) is 0. The molecule has 1 aromatic rings. The molecule has 3 nitrogen and oxygen atoms in total. The van der Waals surface area contributed by atoms with E-state index in [9.17, 15) is 4.79 Å². The number of likely N-dealkylation sites (N-methyl/N-ethyl adjacent to an activating group) is 1. The average molecular weight is 318 g/mol. The van der Waals surface area contributed by atoms with Gasteiger partial charge < -0.3 is 10.2 Å². The second kappa shape index (κ2) is 5.50. The SMILES string of the molecule is C[C@H](C(=O)NC1CC1)[NH+](C)Cc1ccc(Br)s1. The summed E-state index contributed by atoms with van der Waals surface area (Å²) in [4.78, 5) is 14.4. The zero-order valence-electron chi connectivity index (χ0n) is 10.1. The van der Waals surface area contributed by atoms with Crippen LogP contribution in [0.5, 0.6) is 0 Å². The molecule has 0 bridgehead atoms. The molecule has 1 saturated carbocycles. The van der Waals surface area contributed by atoms with Crippen molar-refractivity contribution >= 4 is 33.2 Å². The second-order valence-corrected chi connectivity index (χ2v) is 7.28. The molecule has 0 saturated heterocycles. The van der Waals surface area contributed by atoms with Crippen LogP contribution in [-0.4, -0.2) is 25.0 Å². The summed E-state index contributed by atoms with van der Waals surface area (Å²) in [6, 6.07) is 4.64. The van der Waals surface area contributed by atoms with Gasteiger partial charge in [0.25, 0.3) is 5.91 Å². The van der Waals surface area contributed by atoms with Gasteiger partial charge in [-0.1, -0.05) is 0 Å². The highest BCUT2D eigenvalue weighted by atomic mass is 79.9. The summed E-state index contributed by atoms with van der Waals surface area (Å²) in [7, 11) is 2.07. The molecule has 94 valence electrons. The maximum absolute atomic E-state index is 11.9. The topological polar surface area (TPSA) is 33.5 Å². The highest BCUT2D eigenvalue weighted by Crippen LogP contribution is 2.21. The Bertz CT molecular complexity index is 403. The number of thiophene rings is 1. The van der Waals surface area contributed by atoms with Crippen molar-refractivity contribution in [1.82, 2.24) is 5.32 Å². The number of rotatable bonds is 5. The molecule has 1 aromatic heterocycles. The van der Waals surface area contributed by atoms with E-state index in [0.29, 0.717) is 6.04 Å². The Labute approximate surface area is 114 Å². The normalized spacial score (nSPS) is 18.8. The Morgan fingerprint density at radius 2 is 2.35 bits per heavy atom. The molecule has 2 N–H and O–H groups in total. The van der Waals surface area contributed by atoms with Gasteiger partial charge in [-0.05, 0) is 47.8 Å². The Morgan fingerprint density at radius 3 is 2.88 bits per heavy atom. The minimum Gasteiger partial charge on any atom is -0.348 e. The van der Waals surface area contributed by atoms with Crippen molar-refractivity contribution in [2.75, 3.05) is 7.05 Å². The molecule has 0 aromatic carbocycles. The highest BCUT2D eigenvalue weighted by Gasteiger charge is 2.29. The summed E-state index contributed by atoms with van der Waals surface area (Å²) in [5, 5.41) is 3.06. The molecule has 1 amide bonds. The van der Waals surface area contributed by atoms with Gasteiger partial charge in [0.1, 0.15) is 6.54 Å². The summed E-state index contributed by atoms with van der Waals surface area (Å²) < 4.78 is 1.15. The molecule has 17 heavy (non-hydrogen) atoms. The third kappa shape index (κ3) is 3.79. The summed E-state index contributed by atoms with van der Waals surface area (Å²) in [6.07, 6.45) is 2.30. The van der Waals surface area contributed by atoms with E-state index < -0.39 is 0 Å². The summed E-state index contributed by atoms with van der Waals surface area (Å²) in [6.45, 7) is 2.89. The van der Waals surface area contributed by atoms with Crippen LogP contribution in [0.4, 0.5) is 0 Å². The zero-order chi connectivity index (χ0) is 12.4. The lowest BCUT2D eigenvalue weighted by atomic mass is 10.2. The van der Waals surface area contributed by atoms with Crippen LogP contribution in [0.15, 0.2) is 15.9 Å². The van der Waals surface area contributed by atoms with Crippen molar-refractivity contribution in [2.45, 2.75) is 38.4 Å². The Balaban J connectivity index is 1.85. The molecule has 5 heteroatoms. The van der Waals surface area contributed by atoms with E-state index in [1.165, 1.54) is 9.78 Å². The number of quaternary nitrogens is 1. The zero-order valence-corrected chi connectivity index (χ0v) is 12.5. The standard InChI is InChI=1S/C12H17BrN2OS/c1-8(12(16)14-9-3-4-9)15(2)7-10-5-6-11(13)17-10/h5-6,8-9H,3-4,7H2,1-2H3,(H,14,16)/p+1/t8-/m1/s1. The molecule has 0 radical (unpaired) electrons. The third-order valence-electron chi connectivity index (χ3n) is 3.14. The lowest BCUT2D eigenvalue weighted by molar-refractivity contribution is -0.907. The van der Waals surface area contributed by atoms with Gasteiger partial charge in [-0.2, -0.15) is 0 Å². The number of halogens is 1. The Kier molecular flexibility index (Phi) is 4.22. The predicted molar refractivity (Wildman–Crippen MR) is 73.2 cm³/mol. The van der Waals surface area contributed by atoms with Crippen molar-refractivity contribution in [2.24, 2.45) is 0 Å². The van der Waals surface area contributed by atoms with Gasteiger partial charge in [0.15, 0.2) is 6.04 Å². The molecule has 0 spiro atoms. The largest absolute Gasteiger partial charge is 0.348 e. The van der Waals surface area contributed by atoms with Crippen molar-refractivity contribution in [3.8, 4) is 0 Å². The van der Waals surface area contributed by atoms with Crippen molar-refractivity contribution in [1.29, 1.82) is 0 Å². The van der Waals surface area contributed by atoms with Crippen LogP contribution in [0.3, 0.4) is 0 Å². The highest BCUT2D eigenvalue weighted by molar-refractivity contribution is 9.11. The molecular weight excluding hydrogens is 300 g/mol. The average Bonchev–Trinajstić information content (AvgIpc) is 3.00. The van der Waals surface area contributed by atoms with Gasteiger partial charge in [-0.3, -0.25) is 4.79 Å². The first kappa shape index (κ1) is 13.1. The number of hydrogen-bond donors (Lipinski definition) is 2. The van der Waals surface area contributed by atoms with Crippen molar-refractivity contribution in [3.63, 3.8) is 0 Å². The molecule has 1 aliphatic carbocycles. The molecule has 1 aliphatic rings. The van der Waals surface area contributed by atoms with E-state index in [4.69, 9.17) is 0 Å². The summed E-state index contributed by atoms with van der Waals surface area (Å²) >= 11 is 5.19. The fourth-order valence-electron chi connectivity index (χ4n) is 1.65. The first-order chi connectivity index (χ1) is 8.06. The molecule has 1 unspecified atom stereocenters. The van der Waals surface area contributed by atoms with Crippen LogP contribution in [0.1, 0.15) is 24.6 Å². The molecule has 0 aliphatic heterocycles. The van der Waals surface area contributed by atoms with Crippen LogP contribution in [0, 0.1) is 0 Å². The Hall–Kier alpha value is -0.390. The predicted octanol–water partition coefficient (Wildman–Crippen LogP) is 1.19. The van der Waals surface area contributed by atoms with Gasteiger partial charge in [0.2, 0.25) is 0 Å². The first-order valence-corrected chi connectivity index (χ1v) is 7.54. The van der Waals surface area contributed by atoms with E-state index in [2.05, 4.69) is 40.4 Å². The van der Waals surface area contributed by atoms with Gasteiger partial charge in [-0.25, -0.2) is 0 Å². The Morgan fingerprint density at radius 1 is 1.65 bits per heavy atom. The van der Waals surface area contributed by atoms with Crippen LogP contribution in [0.2, 0.25) is 0 Å². The van der Waals surface area contributed by atoms with E-state index in [-0.39, 0.29) is 11.9 Å². The van der Waals surface area contributed by atoms with Gasteiger partial charge in [0.05, 0.1) is 15.7 Å². The maximum Gasteiger partial charge on any atom is 0.278 e. The molecule has 1 fully saturated rings. The molecular formula is C12H18BrN2OS+. The number of carbonyl (C=O) groups excluding carboxylic acids is 1. The van der Waals surface area contributed by atoms with Gasteiger partial charge in [0, 0.05) is 6.04 Å².